The number of piperazine rings is 1. The summed E-state index contributed by atoms with van der Waals surface area (Å²) in [6, 6.07) is 19.6. The molecular weight excluding hydrogens is 398 g/mol. The third-order valence-electron chi connectivity index (χ3n) is 5.99. The highest BCUT2D eigenvalue weighted by atomic mass is 35.5. The summed E-state index contributed by atoms with van der Waals surface area (Å²) in [5, 5.41) is 1.32. The highest BCUT2D eigenvalue weighted by Crippen LogP contribution is 2.36. The second kappa shape index (κ2) is 9.29. The molecule has 152 valence electrons. The number of hydrogen-bond donors (Lipinski definition) is 0. The molecule has 0 saturated carbocycles. The molecule has 29 heavy (non-hydrogen) atoms. The lowest BCUT2D eigenvalue weighted by Crippen LogP contribution is -2.46. The molecule has 3 aromatic rings. The average molecular weight is 426 g/mol. The van der Waals surface area contributed by atoms with Crippen LogP contribution in [0.25, 0.3) is 11.3 Å². The Hall–Kier alpha value is -1.88. The van der Waals surface area contributed by atoms with E-state index in [4.69, 9.17) is 4.98 Å². The van der Waals surface area contributed by atoms with Crippen LogP contribution in [-0.4, -0.2) is 42.6 Å². The smallest absolute Gasteiger partial charge is 0.0935 e. The number of thiazole rings is 1. The van der Waals surface area contributed by atoms with E-state index in [2.05, 4.69) is 64.4 Å². The van der Waals surface area contributed by atoms with Crippen molar-refractivity contribution < 1.29 is 0 Å². The first-order chi connectivity index (χ1) is 13.9. The molecule has 1 saturated heterocycles. The van der Waals surface area contributed by atoms with Crippen molar-refractivity contribution in [3.8, 4) is 11.3 Å². The minimum Gasteiger partial charge on any atom is -0.369 e. The normalized spacial score (nSPS) is 16.1. The number of nitrogens with zero attached hydrogens (tertiary/aromatic N) is 3. The van der Waals surface area contributed by atoms with E-state index in [0.29, 0.717) is 0 Å². The van der Waals surface area contributed by atoms with E-state index in [1.807, 2.05) is 11.3 Å². The number of aromatic nitrogens is 1. The molecule has 1 aliphatic heterocycles. The molecule has 5 rings (SSSR count). The summed E-state index contributed by atoms with van der Waals surface area (Å²) in [5.74, 6) is 0. The van der Waals surface area contributed by atoms with Crippen molar-refractivity contribution >= 4 is 29.4 Å². The van der Waals surface area contributed by atoms with Gasteiger partial charge >= 0.3 is 0 Å². The van der Waals surface area contributed by atoms with Gasteiger partial charge in [0, 0.05) is 48.7 Å². The van der Waals surface area contributed by atoms with Crippen molar-refractivity contribution in [1.82, 2.24) is 9.88 Å². The highest BCUT2D eigenvalue weighted by molar-refractivity contribution is 7.12. The molecule has 2 aliphatic rings. The fourth-order valence-electron chi connectivity index (χ4n) is 4.43. The monoisotopic (exact) mass is 425 g/mol. The Morgan fingerprint density at radius 2 is 1.62 bits per heavy atom. The lowest BCUT2D eigenvalue weighted by molar-refractivity contribution is 0.255. The fourth-order valence-corrected chi connectivity index (χ4v) is 5.55. The molecule has 2 aromatic carbocycles. The first kappa shape index (κ1) is 20.4. The summed E-state index contributed by atoms with van der Waals surface area (Å²) < 4.78 is 0. The second-order valence-corrected chi connectivity index (χ2v) is 8.97. The number of para-hydroxylation sites is 1. The number of aryl methyl sites for hydroxylation is 3. The molecule has 0 amide bonds. The van der Waals surface area contributed by atoms with Crippen molar-refractivity contribution in [2.45, 2.75) is 25.7 Å². The molecule has 0 N–H and O–H groups in total. The van der Waals surface area contributed by atoms with Crippen LogP contribution in [0.2, 0.25) is 0 Å². The number of benzene rings is 2. The van der Waals surface area contributed by atoms with Gasteiger partial charge in [0.05, 0.1) is 10.7 Å². The average Bonchev–Trinajstić information content (AvgIpc) is 3.18. The lowest BCUT2D eigenvalue weighted by Gasteiger charge is -2.36. The van der Waals surface area contributed by atoms with Crippen LogP contribution < -0.4 is 4.90 Å². The zero-order valence-electron chi connectivity index (χ0n) is 16.7. The molecule has 2 heterocycles. The topological polar surface area (TPSA) is 19.4 Å². The first-order valence-electron chi connectivity index (χ1n) is 10.5. The largest absolute Gasteiger partial charge is 0.369 e. The fraction of sp³-hybridized carbons (Fsp3) is 0.375. The van der Waals surface area contributed by atoms with E-state index >= 15 is 0 Å². The minimum atomic E-state index is 0. The Balaban J connectivity index is 0.00000205. The van der Waals surface area contributed by atoms with Crippen LogP contribution in [0.3, 0.4) is 0 Å². The lowest BCUT2D eigenvalue weighted by atomic mass is 9.94. The zero-order chi connectivity index (χ0) is 18.8. The number of rotatable bonds is 5. The maximum Gasteiger partial charge on any atom is 0.0935 e. The van der Waals surface area contributed by atoms with Gasteiger partial charge in [-0.2, -0.15) is 0 Å². The van der Waals surface area contributed by atoms with Gasteiger partial charge in [-0.3, -0.25) is 4.90 Å². The van der Waals surface area contributed by atoms with Crippen molar-refractivity contribution in [3.05, 3.63) is 70.0 Å². The summed E-state index contributed by atoms with van der Waals surface area (Å²) in [6.07, 6.45) is 4.64. The van der Waals surface area contributed by atoms with E-state index < -0.39 is 0 Å². The maximum atomic E-state index is 5.02. The van der Waals surface area contributed by atoms with Crippen molar-refractivity contribution in [1.29, 1.82) is 0 Å². The molecule has 0 bridgehead atoms. The molecule has 1 fully saturated rings. The molecule has 0 spiro atoms. The first-order valence-corrected chi connectivity index (χ1v) is 11.3. The highest BCUT2D eigenvalue weighted by Gasteiger charge is 2.21. The third kappa shape index (κ3) is 4.50. The third-order valence-corrected chi connectivity index (χ3v) is 7.17. The summed E-state index contributed by atoms with van der Waals surface area (Å²) in [7, 11) is 0. The number of hydrogen-bond acceptors (Lipinski definition) is 4. The van der Waals surface area contributed by atoms with Crippen molar-refractivity contribution in [2.75, 3.05) is 37.6 Å². The van der Waals surface area contributed by atoms with Crippen LogP contribution >= 0.6 is 23.7 Å². The number of anilines is 1. The molecule has 3 nitrogen and oxygen atoms in total. The predicted molar refractivity (Wildman–Crippen MR) is 126 cm³/mol. The summed E-state index contributed by atoms with van der Waals surface area (Å²) in [6.45, 7) is 5.77. The zero-order valence-corrected chi connectivity index (χ0v) is 18.4. The number of fused-ring (bicyclic) bond motifs is 3. The van der Waals surface area contributed by atoms with E-state index in [9.17, 15) is 0 Å². The van der Waals surface area contributed by atoms with Crippen LogP contribution in [0.1, 0.15) is 21.9 Å². The summed E-state index contributed by atoms with van der Waals surface area (Å²) >= 11 is 1.95. The predicted octanol–water partition coefficient (Wildman–Crippen LogP) is 5.09. The van der Waals surface area contributed by atoms with Gasteiger partial charge in [-0.1, -0.05) is 42.5 Å². The van der Waals surface area contributed by atoms with Gasteiger partial charge in [0.2, 0.25) is 0 Å². The van der Waals surface area contributed by atoms with Crippen molar-refractivity contribution in [2.24, 2.45) is 0 Å². The van der Waals surface area contributed by atoms with E-state index in [-0.39, 0.29) is 12.4 Å². The second-order valence-electron chi connectivity index (χ2n) is 7.80. The number of halogens is 1. The minimum absolute atomic E-state index is 0. The Morgan fingerprint density at radius 1 is 0.862 bits per heavy atom. The van der Waals surface area contributed by atoms with E-state index in [0.717, 1.165) is 45.4 Å². The Morgan fingerprint density at radius 3 is 2.45 bits per heavy atom. The van der Waals surface area contributed by atoms with E-state index in [1.54, 1.807) is 0 Å². The molecule has 0 unspecified atom stereocenters. The Labute approximate surface area is 183 Å². The van der Waals surface area contributed by atoms with E-state index in [1.165, 1.54) is 45.4 Å². The van der Waals surface area contributed by atoms with Gasteiger partial charge in [-0.15, -0.1) is 23.7 Å². The van der Waals surface area contributed by atoms with Crippen LogP contribution in [0, 0.1) is 0 Å². The SMILES string of the molecule is Cl.c1ccc(N2CCN(CCCc3nc4c(s3)CCc3ccccc3-4)CC2)cc1. The maximum absolute atomic E-state index is 5.02. The summed E-state index contributed by atoms with van der Waals surface area (Å²) in [4.78, 5) is 11.6. The molecule has 0 radical (unpaired) electrons. The van der Waals surface area contributed by atoms with Crippen LogP contribution in [-0.2, 0) is 19.3 Å². The van der Waals surface area contributed by atoms with Gasteiger partial charge in [-0.25, -0.2) is 4.98 Å². The molecule has 0 atom stereocenters. The van der Waals surface area contributed by atoms with Gasteiger partial charge in [0.15, 0.2) is 0 Å². The van der Waals surface area contributed by atoms with Gasteiger partial charge in [0.1, 0.15) is 0 Å². The molecule has 5 heteroatoms. The molecule has 1 aliphatic carbocycles. The molecule has 1 aromatic heterocycles. The molecular formula is C24H28ClN3S. The summed E-state index contributed by atoms with van der Waals surface area (Å²) in [5.41, 5.74) is 5.44. The van der Waals surface area contributed by atoms with Gasteiger partial charge < -0.3 is 4.90 Å². The van der Waals surface area contributed by atoms with Crippen LogP contribution in [0.4, 0.5) is 5.69 Å². The van der Waals surface area contributed by atoms with Crippen LogP contribution in [0.15, 0.2) is 54.6 Å². The standard InChI is InChI=1S/C24H27N3S.ClH/c1-2-8-20(9-3-1)27-17-15-26(16-18-27)14-6-11-23-25-24-21-10-5-4-7-19(21)12-13-22(24)28-23;/h1-5,7-10H,6,11-18H2;1H. The quantitative estimate of drug-likeness (QED) is 0.567. The Kier molecular flexibility index (Phi) is 6.53. The Bertz CT molecular complexity index is 932. The van der Waals surface area contributed by atoms with Crippen LogP contribution in [0.5, 0.6) is 0 Å². The van der Waals surface area contributed by atoms with Gasteiger partial charge in [0.25, 0.3) is 0 Å². The van der Waals surface area contributed by atoms with Gasteiger partial charge in [-0.05, 0) is 43.5 Å². The van der Waals surface area contributed by atoms with Crippen molar-refractivity contribution in [3.63, 3.8) is 0 Å².